The van der Waals surface area contributed by atoms with Gasteiger partial charge in [0.25, 0.3) is 11.8 Å². The summed E-state index contributed by atoms with van der Waals surface area (Å²) in [7, 11) is 0. The van der Waals surface area contributed by atoms with Crippen LogP contribution in [0.4, 0.5) is 10.1 Å². The predicted octanol–water partition coefficient (Wildman–Crippen LogP) is 2.24. The lowest BCUT2D eigenvalue weighted by Gasteiger charge is -2.23. The molecule has 1 atom stereocenters. The molecule has 7 heteroatoms. The summed E-state index contributed by atoms with van der Waals surface area (Å²) in [4.78, 5) is 23.5. The number of amides is 2. The van der Waals surface area contributed by atoms with Crippen LogP contribution in [0.15, 0.2) is 42.5 Å². The van der Waals surface area contributed by atoms with E-state index in [1.807, 2.05) is 6.07 Å². The number of hydrogen-bond donors (Lipinski definition) is 2. The minimum atomic E-state index is -0.526. The third kappa shape index (κ3) is 4.26. The van der Waals surface area contributed by atoms with Crippen molar-refractivity contribution in [3.8, 4) is 11.5 Å². The third-order valence-electron chi connectivity index (χ3n) is 3.65. The molecule has 0 aliphatic carbocycles. The molecule has 0 fully saturated rings. The van der Waals surface area contributed by atoms with Crippen molar-refractivity contribution in [2.45, 2.75) is 19.6 Å². The molecule has 2 aromatic rings. The molecule has 2 N–H and O–H groups in total. The van der Waals surface area contributed by atoms with Gasteiger partial charge in [-0.15, -0.1) is 0 Å². The molecule has 130 valence electrons. The van der Waals surface area contributed by atoms with Crippen molar-refractivity contribution in [2.75, 3.05) is 11.9 Å². The lowest BCUT2D eigenvalue weighted by molar-refractivity contribution is -0.123. The van der Waals surface area contributed by atoms with Crippen molar-refractivity contribution in [1.29, 1.82) is 0 Å². The zero-order chi connectivity index (χ0) is 17.8. The van der Waals surface area contributed by atoms with E-state index in [-0.39, 0.29) is 30.8 Å². The summed E-state index contributed by atoms with van der Waals surface area (Å²) in [6.45, 7) is 1.78. The molecule has 2 aromatic carbocycles. The summed E-state index contributed by atoms with van der Waals surface area (Å²) in [5, 5.41) is 5.47. The van der Waals surface area contributed by atoms with Gasteiger partial charge in [0.2, 0.25) is 0 Å². The Balaban J connectivity index is 1.51. The van der Waals surface area contributed by atoms with E-state index in [2.05, 4.69) is 10.6 Å². The van der Waals surface area contributed by atoms with Gasteiger partial charge in [0.1, 0.15) is 17.3 Å². The molecular formula is C18H17FN2O4. The molecule has 0 radical (unpaired) electrons. The Morgan fingerprint density at radius 1 is 1.28 bits per heavy atom. The number of halogens is 1. The van der Waals surface area contributed by atoms with Crippen LogP contribution >= 0.6 is 0 Å². The molecule has 1 aliphatic rings. The third-order valence-corrected chi connectivity index (χ3v) is 3.65. The first-order valence-corrected chi connectivity index (χ1v) is 7.77. The van der Waals surface area contributed by atoms with E-state index in [1.54, 1.807) is 19.1 Å². The van der Waals surface area contributed by atoms with Crippen LogP contribution in [-0.4, -0.2) is 24.5 Å². The molecule has 1 unspecified atom stereocenters. The summed E-state index contributed by atoms with van der Waals surface area (Å²) in [5.41, 5.74) is 1.39. The number of carbonyl (C=O) groups excluding carboxylic acids is 2. The Labute approximate surface area is 143 Å². The highest BCUT2D eigenvalue weighted by Crippen LogP contribution is 2.30. The van der Waals surface area contributed by atoms with E-state index in [1.165, 1.54) is 24.3 Å². The Kier molecular flexibility index (Phi) is 4.83. The fourth-order valence-electron chi connectivity index (χ4n) is 2.30. The van der Waals surface area contributed by atoms with E-state index in [9.17, 15) is 14.0 Å². The Bertz CT molecular complexity index is 792. The molecule has 6 nitrogen and oxygen atoms in total. The first kappa shape index (κ1) is 16.8. The van der Waals surface area contributed by atoms with Gasteiger partial charge in [-0.2, -0.15) is 0 Å². The second-order valence-corrected chi connectivity index (χ2v) is 5.60. The summed E-state index contributed by atoms with van der Waals surface area (Å²) in [5.74, 6) is 0.133. The highest BCUT2D eigenvalue weighted by molar-refractivity contribution is 5.97. The minimum Gasteiger partial charge on any atom is -0.484 e. The second kappa shape index (κ2) is 7.21. The molecular weight excluding hydrogens is 327 g/mol. The summed E-state index contributed by atoms with van der Waals surface area (Å²) in [6.07, 6.45) is -0.526. The number of benzene rings is 2. The highest BCUT2D eigenvalue weighted by Gasteiger charge is 2.23. The van der Waals surface area contributed by atoms with Gasteiger partial charge in [-0.3, -0.25) is 9.59 Å². The lowest BCUT2D eigenvalue weighted by Crippen LogP contribution is -2.34. The zero-order valence-electron chi connectivity index (χ0n) is 13.5. The van der Waals surface area contributed by atoms with Crippen molar-refractivity contribution >= 4 is 17.5 Å². The van der Waals surface area contributed by atoms with Crippen LogP contribution in [0, 0.1) is 5.82 Å². The quantitative estimate of drug-likeness (QED) is 0.872. The predicted molar refractivity (Wildman–Crippen MR) is 88.9 cm³/mol. The maximum absolute atomic E-state index is 12.8. The molecule has 2 amide bonds. The van der Waals surface area contributed by atoms with Crippen LogP contribution < -0.4 is 20.1 Å². The second-order valence-electron chi connectivity index (χ2n) is 5.60. The van der Waals surface area contributed by atoms with Crippen molar-refractivity contribution in [3.05, 3.63) is 53.8 Å². The zero-order valence-corrected chi connectivity index (χ0v) is 13.5. The first-order valence-electron chi connectivity index (χ1n) is 7.77. The molecule has 1 aliphatic heterocycles. The maximum atomic E-state index is 12.8. The lowest BCUT2D eigenvalue weighted by atomic mass is 10.1. The van der Waals surface area contributed by atoms with Gasteiger partial charge in [0.15, 0.2) is 12.7 Å². The Hall–Kier alpha value is -3.09. The molecule has 1 heterocycles. The Morgan fingerprint density at radius 2 is 2.04 bits per heavy atom. The fraction of sp³-hybridized carbons (Fsp3) is 0.222. The van der Waals surface area contributed by atoms with E-state index in [0.717, 1.165) is 5.56 Å². The van der Waals surface area contributed by atoms with E-state index < -0.39 is 6.10 Å². The standard InChI is InChI=1S/C18H17FN2O4/c1-11-18(23)21-15-8-12(2-7-16(15)25-11)9-20-17(22)10-24-14-5-3-13(19)4-6-14/h2-8,11H,9-10H2,1H3,(H,20,22)(H,21,23). The van der Waals surface area contributed by atoms with Crippen LogP contribution in [0.25, 0.3) is 0 Å². The fourth-order valence-corrected chi connectivity index (χ4v) is 2.30. The number of carbonyl (C=O) groups is 2. The molecule has 0 aromatic heterocycles. The van der Waals surface area contributed by atoms with Crippen LogP contribution in [0.5, 0.6) is 11.5 Å². The monoisotopic (exact) mass is 344 g/mol. The topological polar surface area (TPSA) is 76.7 Å². The van der Waals surface area contributed by atoms with E-state index in [4.69, 9.17) is 9.47 Å². The SMILES string of the molecule is CC1Oc2ccc(CNC(=O)COc3ccc(F)cc3)cc2NC1=O. The number of fused-ring (bicyclic) bond motifs is 1. The van der Waals surface area contributed by atoms with Crippen LogP contribution in [0.1, 0.15) is 12.5 Å². The van der Waals surface area contributed by atoms with Gasteiger partial charge in [0.05, 0.1) is 5.69 Å². The number of hydrogen-bond acceptors (Lipinski definition) is 4. The largest absolute Gasteiger partial charge is 0.484 e. The smallest absolute Gasteiger partial charge is 0.265 e. The number of anilines is 1. The molecule has 0 saturated heterocycles. The maximum Gasteiger partial charge on any atom is 0.265 e. The number of rotatable bonds is 5. The number of ether oxygens (including phenoxy) is 2. The first-order chi connectivity index (χ1) is 12.0. The molecule has 0 bridgehead atoms. The molecule has 0 spiro atoms. The molecule has 0 saturated carbocycles. The van der Waals surface area contributed by atoms with Gasteiger partial charge in [-0.1, -0.05) is 6.07 Å². The minimum absolute atomic E-state index is 0.173. The van der Waals surface area contributed by atoms with Gasteiger partial charge >= 0.3 is 0 Å². The van der Waals surface area contributed by atoms with Crippen LogP contribution in [0.2, 0.25) is 0 Å². The van der Waals surface area contributed by atoms with E-state index in [0.29, 0.717) is 17.2 Å². The number of nitrogens with one attached hydrogen (secondary N) is 2. The molecule has 3 rings (SSSR count). The summed E-state index contributed by atoms with van der Waals surface area (Å²) >= 11 is 0. The van der Waals surface area contributed by atoms with Gasteiger partial charge in [0, 0.05) is 6.54 Å². The Morgan fingerprint density at radius 3 is 2.80 bits per heavy atom. The van der Waals surface area contributed by atoms with Crippen molar-refractivity contribution in [3.63, 3.8) is 0 Å². The van der Waals surface area contributed by atoms with Gasteiger partial charge < -0.3 is 20.1 Å². The average Bonchev–Trinajstić information content (AvgIpc) is 2.60. The van der Waals surface area contributed by atoms with Crippen LogP contribution in [0.3, 0.4) is 0 Å². The highest BCUT2D eigenvalue weighted by atomic mass is 19.1. The normalized spacial score (nSPS) is 15.6. The van der Waals surface area contributed by atoms with Crippen molar-refractivity contribution in [1.82, 2.24) is 5.32 Å². The van der Waals surface area contributed by atoms with Crippen molar-refractivity contribution < 1.29 is 23.5 Å². The molecule has 25 heavy (non-hydrogen) atoms. The van der Waals surface area contributed by atoms with E-state index >= 15 is 0 Å². The summed E-state index contributed by atoms with van der Waals surface area (Å²) in [6, 6.07) is 10.7. The van der Waals surface area contributed by atoms with Crippen molar-refractivity contribution in [2.24, 2.45) is 0 Å². The van der Waals surface area contributed by atoms with Gasteiger partial charge in [-0.05, 0) is 48.9 Å². The average molecular weight is 344 g/mol. The summed E-state index contributed by atoms with van der Waals surface area (Å²) < 4.78 is 23.5. The van der Waals surface area contributed by atoms with Gasteiger partial charge in [-0.25, -0.2) is 4.39 Å². The van der Waals surface area contributed by atoms with Crippen LogP contribution in [-0.2, 0) is 16.1 Å².